The summed E-state index contributed by atoms with van der Waals surface area (Å²) in [6.45, 7) is 1.86. The summed E-state index contributed by atoms with van der Waals surface area (Å²) >= 11 is 0. The maximum absolute atomic E-state index is 11.3. The summed E-state index contributed by atoms with van der Waals surface area (Å²) in [5.41, 5.74) is 3.12. The van der Waals surface area contributed by atoms with Gasteiger partial charge in [0.05, 0.1) is 11.1 Å². The monoisotopic (exact) mass is 276 g/mol. The molecule has 0 aliphatic carbocycles. The van der Waals surface area contributed by atoms with Crippen molar-refractivity contribution in [2.75, 3.05) is 0 Å². The van der Waals surface area contributed by atoms with E-state index < -0.39 is 5.97 Å². The average Bonchev–Trinajstić information content (AvgIpc) is 2.88. The molecule has 0 fully saturated rings. The van der Waals surface area contributed by atoms with Crippen LogP contribution >= 0.6 is 0 Å². The number of aryl methyl sites for hydroxylation is 1. The van der Waals surface area contributed by atoms with Gasteiger partial charge in [-0.25, -0.2) is 9.78 Å². The first kappa shape index (κ1) is 12.9. The topological polar surface area (TPSA) is 55.1 Å². The van der Waals surface area contributed by atoms with Crippen molar-refractivity contribution in [3.8, 4) is 12.0 Å². The first-order chi connectivity index (χ1) is 10.1. The molecule has 0 saturated heterocycles. The highest BCUT2D eigenvalue weighted by molar-refractivity contribution is 6.01. The van der Waals surface area contributed by atoms with Crippen LogP contribution in [-0.4, -0.2) is 20.6 Å². The molecule has 1 aromatic heterocycles. The number of carboxylic acids is 1. The fourth-order valence-corrected chi connectivity index (χ4v) is 2.16. The van der Waals surface area contributed by atoms with Crippen molar-refractivity contribution in [3.05, 3.63) is 65.5 Å². The lowest BCUT2D eigenvalue weighted by Gasteiger charge is -2.00. The lowest BCUT2D eigenvalue weighted by Crippen LogP contribution is -1.98. The van der Waals surface area contributed by atoms with Crippen molar-refractivity contribution >= 4 is 17.0 Å². The van der Waals surface area contributed by atoms with E-state index in [2.05, 4.69) is 16.9 Å². The number of hydrogen-bond acceptors (Lipinski definition) is 2. The summed E-state index contributed by atoms with van der Waals surface area (Å²) in [6, 6.07) is 16.1. The molecule has 0 aliphatic rings. The van der Waals surface area contributed by atoms with Gasteiger partial charge in [0.25, 0.3) is 0 Å². The van der Waals surface area contributed by atoms with Crippen LogP contribution in [0, 0.1) is 18.9 Å². The van der Waals surface area contributed by atoms with Crippen LogP contribution in [0.2, 0.25) is 0 Å². The number of rotatable bonds is 1. The van der Waals surface area contributed by atoms with E-state index in [9.17, 15) is 9.90 Å². The molecule has 0 bridgehead atoms. The Morgan fingerprint density at radius 1 is 1.24 bits per heavy atom. The van der Waals surface area contributed by atoms with Crippen LogP contribution in [0.5, 0.6) is 0 Å². The van der Waals surface area contributed by atoms with Crippen LogP contribution in [0.4, 0.5) is 0 Å². The number of aromatic nitrogens is 2. The van der Waals surface area contributed by atoms with Crippen LogP contribution in [0.1, 0.15) is 21.5 Å². The normalized spacial score (nSPS) is 10.1. The Labute approximate surface area is 121 Å². The van der Waals surface area contributed by atoms with E-state index in [-0.39, 0.29) is 5.56 Å². The Kier molecular flexibility index (Phi) is 3.17. The van der Waals surface area contributed by atoms with Gasteiger partial charge in [0, 0.05) is 11.6 Å². The van der Waals surface area contributed by atoms with Gasteiger partial charge in [-0.05, 0) is 42.7 Å². The Morgan fingerprint density at radius 3 is 2.71 bits per heavy atom. The molecular formula is C17H12N2O2. The van der Waals surface area contributed by atoms with Crippen molar-refractivity contribution in [3.63, 3.8) is 0 Å². The maximum Gasteiger partial charge on any atom is 0.337 e. The molecule has 102 valence electrons. The molecule has 21 heavy (non-hydrogen) atoms. The minimum absolute atomic E-state index is 0.199. The van der Waals surface area contributed by atoms with Gasteiger partial charge in [-0.15, -0.1) is 0 Å². The van der Waals surface area contributed by atoms with Crippen molar-refractivity contribution < 1.29 is 9.90 Å². The zero-order valence-corrected chi connectivity index (χ0v) is 11.4. The summed E-state index contributed by atoms with van der Waals surface area (Å²) in [6.07, 6.45) is 1.55. The van der Waals surface area contributed by atoms with E-state index >= 15 is 0 Å². The standard InChI is InChI=1S/C17H12N2O2/c1-12-9-14(17(20)21)16-15(10-12)19(11-18-16)8-7-13-5-3-2-4-6-13/h2-6,9-11H,1H3,(H,20,21). The second-order valence-electron chi connectivity index (χ2n) is 4.70. The number of carboxylic acid groups (broad SMARTS) is 1. The number of hydrogen-bond donors (Lipinski definition) is 1. The molecule has 3 aromatic rings. The Balaban J connectivity index is 2.13. The van der Waals surface area contributed by atoms with E-state index in [1.807, 2.05) is 43.3 Å². The molecule has 1 N–H and O–H groups in total. The largest absolute Gasteiger partial charge is 0.478 e. The smallest absolute Gasteiger partial charge is 0.337 e. The lowest BCUT2D eigenvalue weighted by atomic mass is 10.1. The molecule has 0 spiro atoms. The van der Waals surface area contributed by atoms with E-state index in [0.717, 1.165) is 11.1 Å². The number of aromatic carboxylic acids is 1. The van der Waals surface area contributed by atoms with E-state index in [4.69, 9.17) is 0 Å². The summed E-state index contributed by atoms with van der Waals surface area (Å²) in [5, 5.41) is 9.24. The van der Waals surface area contributed by atoms with Gasteiger partial charge in [0.2, 0.25) is 0 Å². The molecule has 0 aliphatic heterocycles. The third kappa shape index (κ3) is 2.49. The van der Waals surface area contributed by atoms with Crippen molar-refractivity contribution in [1.29, 1.82) is 0 Å². The Bertz CT molecular complexity index is 884. The third-order valence-corrected chi connectivity index (χ3v) is 3.12. The van der Waals surface area contributed by atoms with E-state index in [1.165, 1.54) is 0 Å². The molecule has 4 heteroatoms. The Hall–Kier alpha value is -3.06. The van der Waals surface area contributed by atoms with Crippen LogP contribution in [-0.2, 0) is 0 Å². The van der Waals surface area contributed by atoms with Gasteiger partial charge in [0.1, 0.15) is 11.8 Å². The van der Waals surface area contributed by atoms with Gasteiger partial charge in [-0.1, -0.05) is 18.2 Å². The molecule has 1 heterocycles. The van der Waals surface area contributed by atoms with Gasteiger partial charge >= 0.3 is 5.97 Å². The molecule has 0 amide bonds. The van der Waals surface area contributed by atoms with Gasteiger partial charge in [-0.3, -0.25) is 4.57 Å². The molecule has 4 nitrogen and oxygen atoms in total. The fourth-order valence-electron chi connectivity index (χ4n) is 2.16. The number of imidazole rings is 1. The van der Waals surface area contributed by atoms with Crippen molar-refractivity contribution in [1.82, 2.24) is 9.55 Å². The Morgan fingerprint density at radius 2 is 2.00 bits per heavy atom. The zero-order valence-electron chi connectivity index (χ0n) is 11.4. The maximum atomic E-state index is 11.3. The average molecular weight is 276 g/mol. The summed E-state index contributed by atoms with van der Waals surface area (Å²) in [5.74, 6) is 2.05. The van der Waals surface area contributed by atoms with Gasteiger partial charge in [0.15, 0.2) is 0 Å². The first-order valence-corrected chi connectivity index (χ1v) is 6.43. The van der Waals surface area contributed by atoms with E-state index in [0.29, 0.717) is 11.0 Å². The molecule has 3 rings (SSSR count). The fraction of sp³-hybridized carbons (Fsp3) is 0.0588. The lowest BCUT2D eigenvalue weighted by molar-refractivity contribution is 0.0698. The molecule has 0 radical (unpaired) electrons. The predicted molar refractivity (Wildman–Crippen MR) is 80.1 cm³/mol. The number of carbonyl (C=O) groups is 1. The van der Waals surface area contributed by atoms with Crippen LogP contribution in [0.25, 0.3) is 11.0 Å². The minimum atomic E-state index is -0.982. The second-order valence-corrected chi connectivity index (χ2v) is 4.70. The zero-order chi connectivity index (χ0) is 14.8. The quantitative estimate of drug-likeness (QED) is 0.695. The molecular weight excluding hydrogens is 264 g/mol. The summed E-state index contributed by atoms with van der Waals surface area (Å²) in [4.78, 5) is 15.4. The number of benzene rings is 2. The van der Waals surface area contributed by atoms with Gasteiger partial charge in [-0.2, -0.15) is 0 Å². The van der Waals surface area contributed by atoms with Gasteiger partial charge < -0.3 is 5.11 Å². The molecule has 0 saturated carbocycles. The highest BCUT2D eigenvalue weighted by atomic mass is 16.4. The first-order valence-electron chi connectivity index (χ1n) is 6.43. The predicted octanol–water partition coefficient (Wildman–Crippen LogP) is 2.90. The van der Waals surface area contributed by atoms with Crippen molar-refractivity contribution in [2.45, 2.75) is 6.92 Å². The summed E-state index contributed by atoms with van der Waals surface area (Å²) in [7, 11) is 0. The highest BCUT2D eigenvalue weighted by Crippen LogP contribution is 2.19. The second kappa shape index (κ2) is 5.14. The van der Waals surface area contributed by atoms with Crippen LogP contribution in [0.15, 0.2) is 48.8 Å². The highest BCUT2D eigenvalue weighted by Gasteiger charge is 2.13. The third-order valence-electron chi connectivity index (χ3n) is 3.12. The van der Waals surface area contributed by atoms with Crippen molar-refractivity contribution in [2.24, 2.45) is 0 Å². The van der Waals surface area contributed by atoms with Crippen LogP contribution < -0.4 is 0 Å². The SMILES string of the molecule is Cc1cc(C(=O)O)c2ncn(C#Cc3ccccc3)c2c1. The van der Waals surface area contributed by atoms with E-state index in [1.54, 1.807) is 17.0 Å². The minimum Gasteiger partial charge on any atom is -0.478 e. The molecule has 2 aromatic carbocycles. The molecule has 0 unspecified atom stereocenters. The summed E-state index contributed by atoms with van der Waals surface area (Å²) < 4.78 is 1.65. The number of nitrogens with zero attached hydrogens (tertiary/aromatic N) is 2. The molecule has 0 atom stereocenters. The van der Waals surface area contributed by atoms with Crippen LogP contribution in [0.3, 0.4) is 0 Å². The number of fused-ring (bicyclic) bond motifs is 1.